The molecule has 0 N–H and O–H groups in total. The van der Waals surface area contributed by atoms with Crippen LogP contribution < -0.4 is 9.47 Å². The van der Waals surface area contributed by atoms with E-state index in [1.165, 1.54) is 0 Å². The SMILES string of the molecule is C[C@@H](c1nc(C(C)(C)C)no1)N(C)Cc1ccc2c(c1)OCO2. The predicted octanol–water partition coefficient (Wildman–Crippen LogP) is 3.29. The molecule has 2 heterocycles. The van der Waals surface area contributed by atoms with Gasteiger partial charge in [0.1, 0.15) is 0 Å². The molecule has 0 amide bonds. The van der Waals surface area contributed by atoms with E-state index in [1.807, 2.05) is 25.2 Å². The van der Waals surface area contributed by atoms with Gasteiger partial charge in [-0.15, -0.1) is 0 Å². The Labute approximate surface area is 136 Å². The van der Waals surface area contributed by atoms with Gasteiger partial charge in [0.25, 0.3) is 0 Å². The van der Waals surface area contributed by atoms with Crippen LogP contribution in [0.25, 0.3) is 0 Å². The fraction of sp³-hybridized carbons (Fsp3) is 0.529. The van der Waals surface area contributed by atoms with E-state index in [0.717, 1.165) is 29.4 Å². The van der Waals surface area contributed by atoms with Crippen molar-refractivity contribution >= 4 is 0 Å². The van der Waals surface area contributed by atoms with Crippen molar-refractivity contribution in [2.75, 3.05) is 13.8 Å². The fourth-order valence-electron chi connectivity index (χ4n) is 2.36. The number of aromatic nitrogens is 2. The quantitative estimate of drug-likeness (QED) is 0.862. The van der Waals surface area contributed by atoms with Crippen LogP contribution in [0.3, 0.4) is 0 Å². The van der Waals surface area contributed by atoms with Crippen LogP contribution >= 0.6 is 0 Å². The molecule has 2 aromatic rings. The molecular formula is C17H23N3O3. The number of benzene rings is 1. The Morgan fingerprint density at radius 3 is 2.65 bits per heavy atom. The van der Waals surface area contributed by atoms with Crippen LogP contribution in [0.1, 0.15) is 51.0 Å². The Hall–Kier alpha value is -2.08. The van der Waals surface area contributed by atoms with Crippen molar-refractivity contribution in [1.82, 2.24) is 15.0 Å². The monoisotopic (exact) mass is 317 g/mol. The molecule has 6 nitrogen and oxygen atoms in total. The molecule has 1 aliphatic heterocycles. The average molecular weight is 317 g/mol. The van der Waals surface area contributed by atoms with Gasteiger partial charge in [-0.05, 0) is 31.7 Å². The molecule has 6 heteroatoms. The summed E-state index contributed by atoms with van der Waals surface area (Å²) in [6, 6.07) is 6.04. The molecule has 0 bridgehead atoms. The minimum Gasteiger partial charge on any atom is -0.454 e. The van der Waals surface area contributed by atoms with E-state index in [0.29, 0.717) is 12.7 Å². The summed E-state index contributed by atoms with van der Waals surface area (Å²) < 4.78 is 16.2. The standard InChI is InChI=1S/C17H23N3O3/c1-11(15-18-16(19-23-15)17(2,3)4)20(5)9-12-6-7-13-14(8-12)22-10-21-13/h6-8,11H,9-10H2,1-5H3/t11-/m0/s1. The zero-order chi connectivity index (χ0) is 16.6. The first-order chi connectivity index (χ1) is 10.8. The van der Waals surface area contributed by atoms with E-state index in [1.54, 1.807) is 0 Å². The minimum absolute atomic E-state index is 0.0315. The van der Waals surface area contributed by atoms with Crippen LogP contribution in [0, 0.1) is 0 Å². The third-order valence-corrected chi connectivity index (χ3v) is 4.00. The minimum atomic E-state index is -0.114. The fourth-order valence-corrected chi connectivity index (χ4v) is 2.36. The molecule has 23 heavy (non-hydrogen) atoms. The van der Waals surface area contributed by atoms with Crippen molar-refractivity contribution in [1.29, 1.82) is 0 Å². The number of fused-ring (bicyclic) bond motifs is 1. The highest BCUT2D eigenvalue weighted by Crippen LogP contribution is 2.33. The van der Waals surface area contributed by atoms with Gasteiger partial charge < -0.3 is 14.0 Å². The summed E-state index contributed by atoms with van der Waals surface area (Å²) in [4.78, 5) is 6.70. The summed E-state index contributed by atoms with van der Waals surface area (Å²) in [6.07, 6.45) is 0. The number of hydrogen-bond donors (Lipinski definition) is 0. The maximum absolute atomic E-state index is 5.44. The molecule has 0 fully saturated rings. The molecule has 0 saturated heterocycles. The second-order valence-electron chi connectivity index (χ2n) is 6.98. The van der Waals surface area contributed by atoms with Gasteiger partial charge in [-0.3, -0.25) is 4.90 Å². The van der Waals surface area contributed by atoms with Crippen LogP contribution in [0.2, 0.25) is 0 Å². The first kappa shape index (κ1) is 15.8. The molecule has 1 aromatic heterocycles. The molecule has 3 rings (SSSR count). The van der Waals surface area contributed by atoms with Crippen molar-refractivity contribution in [3.05, 3.63) is 35.5 Å². The van der Waals surface area contributed by atoms with Gasteiger partial charge in [0.15, 0.2) is 17.3 Å². The van der Waals surface area contributed by atoms with Crippen LogP contribution in [-0.2, 0) is 12.0 Å². The lowest BCUT2D eigenvalue weighted by atomic mass is 9.96. The van der Waals surface area contributed by atoms with Gasteiger partial charge >= 0.3 is 0 Å². The smallest absolute Gasteiger partial charge is 0.243 e. The zero-order valence-electron chi connectivity index (χ0n) is 14.3. The van der Waals surface area contributed by atoms with E-state index in [4.69, 9.17) is 14.0 Å². The molecule has 0 unspecified atom stereocenters. The second-order valence-corrected chi connectivity index (χ2v) is 6.98. The lowest BCUT2D eigenvalue weighted by Gasteiger charge is -2.21. The van der Waals surface area contributed by atoms with Crippen LogP contribution in [-0.4, -0.2) is 28.9 Å². The van der Waals surface area contributed by atoms with Gasteiger partial charge in [-0.2, -0.15) is 4.98 Å². The first-order valence-corrected chi connectivity index (χ1v) is 7.77. The van der Waals surface area contributed by atoms with Crippen molar-refractivity contribution in [3.63, 3.8) is 0 Å². The molecule has 0 aliphatic carbocycles. The third-order valence-electron chi connectivity index (χ3n) is 4.00. The molecule has 0 spiro atoms. The third kappa shape index (κ3) is 3.32. The Morgan fingerprint density at radius 1 is 1.22 bits per heavy atom. The van der Waals surface area contributed by atoms with E-state index in [-0.39, 0.29) is 11.5 Å². The molecular weight excluding hydrogens is 294 g/mol. The summed E-state index contributed by atoms with van der Waals surface area (Å²) in [5, 5.41) is 4.10. The van der Waals surface area contributed by atoms with Gasteiger partial charge in [0.05, 0.1) is 6.04 Å². The van der Waals surface area contributed by atoms with Crippen molar-refractivity contribution in [2.45, 2.75) is 45.7 Å². The zero-order valence-corrected chi connectivity index (χ0v) is 14.3. The predicted molar refractivity (Wildman–Crippen MR) is 85.4 cm³/mol. The molecule has 1 atom stereocenters. The Bertz CT molecular complexity index is 691. The molecule has 124 valence electrons. The summed E-state index contributed by atoms with van der Waals surface area (Å²) >= 11 is 0. The maximum atomic E-state index is 5.44. The summed E-state index contributed by atoms with van der Waals surface area (Å²) in [7, 11) is 2.04. The molecule has 1 aliphatic rings. The highest BCUT2D eigenvalue weighted by atomic mass is 16.7. The first-order valence-electron chi connectivity index (χ1n) is 7.77. The summed E-state index contributed by atoms with van der Waals surface area (Å²) in [5.41, 5.74) is 1.04. The highest BCUT2D eigenvalue weighted by molar-refractivity contribution is 5.44. The lowest BCUT2D eigenvalue weighted by molar-refractivity contribution is 0.173. The van der Waals surface area contributed by atoms with Crippen LogP contribution in [0.4, 0.5) is 0 Å². The lowest BCUT2D eigenvalue weighted by Crippen LogP contribution is -2.22. The Kier molecular flexibility index (Phi) is 4.02. The van der Waals surface area contributed by atoms with Crippen molar-refractivity contribution in [3.8, 4) is 11.5 Å². The molecule has 0 radical (unpaired) electrons. The Morgan fingerprint density at radius 2 is 1.96 bits per heavy atom. The van der Waals surface area contributed by atoms with E-state index < -0.39 is 0 Å². The van der Waals surface area contributed by atoms with E-state index >= 15 is 0 Å². The maximum Gasteiger partial charge on any atom is 0.243 e. The molecule has 1 aromatic carbocycles. The van der Waals surface area contributed by atoms with Crippen molar-refractivity contribution in [2.24, 2.45) is 0 Å². The summed E-state index contributed by atoms with van der Waals surface area (Å²) in [6.45, 7) is 9.33. The van der Waals surface area contributed by atoms with Crippen molar-refractivity contribution < 1.29 is 14.0 Å². The van der Waals surface area contributed by atoms with Gasteiger partial charge in [-0.25, -0.2) is 0 Å². The van der Waals surface area contributed by atoms with Gasteiger partial charge in [-0.1, -0.05) is 32.0 Å². The normalized spacial score (nSPS) is 15.2. The van der Waals surface area contributed by atoms with Gasteiger partial charge in [0, 0.05) is 12.0 Å². The topological polar surface area (TPSA) is 60.6 Å². The summed E-state index contributed by atoms with van der Waals surface area (Å²) in [5.74, 6) is 2.97. The average Bonchev–Trinajstić information content (AvgIpc) is 3.14. The number of hydrogen-bond acceptors (Lipinski definition) is 6. The van der Waals surface area contributed by atoms with E-state index in [9.17, 15) is 0 Å². The van der Waals surface area contributed by atoms with Crippen LogP contribution in [0.15, 0.2) is 22.7 Å². The largest absolute Gasteiger partial charge is 0.454 e. The highest BCUT2D eigenvalue weighted by Gasteiger charge is 2.25. The number of ether oxygens (including phenoxy) is 2. The number of rotatable bonds is 4. The Balaban J connectivity index is 1.70. The van der Waals surface area contributed by atoms with Crippen LogP contribution in [0.5, 0.6) is 11.5 Å². The van der Waals surface area contributed by atoms with Gasteiger partial charge in [0.2, 0.25) is 12.7 Å². The van der Waals surface area contributed by atoms with E-state index in [2.05, 4.69) is 42.7 Å². The second kappa shape index (κ2) is 5.85. The number of nitrogens with zero attached hydrogens (tertiary/aromatic N) is 3. The molecule has 0 saturated carbocycles.